The maximum Gasteiger partial charge on any atom is 0.255 e. The van der Waals surface area contributed by atoms with E-state index in [-0.39, 0.29) is 5.91 Å². The number of methoxy groups -OCH3 is 1. The summed E-state index contributed by atoms with van der Waals surface area (Å²) in [6.45, 7) is 0.328. The Bertz CT molecular complexity index is 917. The number of nitrogens with one attached hydrogen (secondary N) is 1. The van der Waals surface area contributed by atoms with Crippen LogP contribution in [0.5, 0.6) is 11.5 Å². The predicted octanol–water partition coefficient (Wildman–Crippen LogP) is 5.29. The van der Waals surface area contributed by atoms with E-state index in [2.05, 4.69) is 10.3 Å². The molecule has 8 heteroatoms. The van der Waals surface area contributed by atoms with Gasteiger partial charge < -0.3 is 14.8 Å². The van der Waals surface area contributed by atoms with Gasteiger partial charge in [0.2, 0.25) is 0 Å². The van der Waals surface area contributed by atoms with Crippen molar-refractivity contribution in [1.29, 1.82) is 0 Å². The fourth-order valence-corrected chi connectivity index (χ4v) is 3.01. The molecule has 1 N–H and O–H groups in total. The summed E-state index contributed by atoms with van der Waals surface area (Å²) >= 11 is 13.3. The van der Waals surface area contributed by atoms with Crippen molar-refractivity contribution in [2.45, 2.75) is 6.61 Å². The second-order valence-corrected chi connectivity index (χ2v) is 6.75. The van der Waals surface area contributed by atoms with Crippen LogP contribution in [-0.2, 0) is 6.61 Å². The number of benzene rings is 2. The summed E-state index contributed by atoms with van der Waals surface area (Å²) in [7, 11) is 1.52. The monoisotopic (exact) mass is 408 g/mol. The average molecular weight is 409 g/mol. The first kappa shape index (κ1) is 18.5. The van der Waals surface area contributed by atoms with E-state index in [0.717, 1.165) is 5.69 Å². The van der Waals surface area contributed by atoms with E-state index in [4.69, 9.17) is 32.7 Å². The summed E-state index contributed by atoms with van der Waals surface area (Å²) in [6.07, 6.45) is 0. The van der Waals surface area contributed by atoms with Crippen LogP contribution >= 0.6 is 34.5 Å². The summed E-state index contributed by atoms with van der Waals surface area (Å²) in [5.74, 6) is 0.696. The molecule has 26 heavy (non-hydrogen) atoms. The van der Waals surface area contributed by atoms with Crippen LogP contribution in [0, 0.1) is 0 Å². The van der Waals surface area contributed by atoms with E-state index in [1.54, 1.807) is 41.9 Å². The minimum absolute atomic E-state index is 0.298. The molecule has 0 spiro atoms. The van der Waals surface area contributed by atoms with Crippen LogP contribution in [0.25, 0.3) is 0 Å². The van der Waals surface area contributed by atoms with E-state index in [1.165, 1.54) is 18.4 Å². The molecule has 134 valence electrons. The molecule has 1 amide bonds. The molecule has 0 unspecified atom stereocenters. The van der Waals surface area contributed by atoms with Gasteiger partial charge in [0.25, 0.3) is 5.91 Å². The van der Waals surface area contributed by atoms with E-state index in [0.29, 0.717) is 39.4 Å². The van der Waals surface area contributed by atoms with Gasteiger partial charge in [0.15, 0.2) is 11.5 Å². The van der Waals surface area contributed by atoms with Crippen molar-refractivity contribution in [2.24, 2.45) is 0 Å². The van der Waals surface area contributed by atoms with Gasteiger partial charge >= 0.3 is 0 Å². The largest absolute Gasteiger partial charge is 0.493 e. The minimum Gasteiger partial charge on any atom is -0.493 e. The number of amides is 1. The summed E-state index contributed by atoms with van der Waals surface area (Å²) in [5, 5.41) is 5.47. The Balaban J connectivity index is 1.73. The lowest BCUT2D eigenvalue weighted by atomic mass is 10.2. The molecule has 0 saturated carbocycles. The number of carbonyl (C=O) groups excluding carboxylic acids is 1. The number of halogens is 2. The quantitative estimate of drug-likeness (QED) is 0.601. The Morgan fingerprint density at radius 2 is 2.00 bits per heavy atom. The van der Waals surface area contributed by atoms with Crippen molar-refractivity contribution in [2.75, 3.05) is 12.4 Å². The third-order valence-corrected chi connectivity index (χ3v) is 4.84. The van der Waals surface area contributed by atoms with E-state index in [1.807, 2.05) is 5.38 Å². The molecular weight excluding hydrogens is 395 g/mol. The lowest BCUT2D eigenvalue weighted by molar-refractivity contribution is 0.102. The molecule has 0 radical (unpaired) electrons. The molecule has 0 bridgehead atoms. The standard InChI is InChI=1S/C18H14Cl2N2O3S/c1-24-17-6-11(2-5-16(17)25-8-13-9-26-10-21-13)18(23)22-12-3-4-14(19)15(20)7-12/h2-7,9-10H,8H2,1H3,(H,22,23). The molecule has 0 aliphatic rings. The average Bonchev–Trinajstić information content (AvgIpc) is 3.16. The smallest absolute Gasteiger partial charge is 0.255 e. The first-order valence-corrected chi connectivity index (χ1v) is 9.21. The topological polar surface area (TPSA) is 60.5 Å². The molecule has 1 heterocycles. The highest BCUT2D eigenvalue weighted by molar-refractivity contribution is 7.07. The Morgan fingerprint density at radius 1 is 1.15 bits per heavy atom. The molecule has 0 atom stereocenters. The molecule has 3 rings (SSSR count). The number of rotatable bonds is 6. The van der Waals surface area contributed by atoms with Crippen LogP contribution in [0.4, 0.5) is 5.69 Å². The van der Waals surface area contributed by atoms with Gasteiger partial charge in [-0.2, -0.15) is 0 Å². The highest BCUT2D eigenvalue weighted by Gasteiger charge is 2.12. The zero-order valence-corrected chi connectivity index (χ0v) is 16.0. The van der Waals surface area contributed by atoms with Crippen LogP contribution in [0.2, 0.25) is 10.0 Å². The van der Waals surface area contributed by atoms with E-state index in [9.17, 15) is 4.79 Å². The fraction of sp³-hybridized carbons (Fsp3) is 0.111. The van der Waals surface area contributed by atoms with Crippen LogP contribution in [0.1, 0.15) is 16.1 Å². The summed E-state index contributed by atoms with van der Waals surface area (Å²) in [6, 6.07) is 9.85. The van der Waals surface area contributed by atoms with E-state index < -0.39 is 0 Å². The third-order valence-electron chi connectivity index (χ3n) is 3.46. The number of carbonyl (C=O) groups is 1. The zero-order chi connectivity index (χ0) is 18.5. The number of hydrogen-bond acceptors (Lipinski definition) is 5. The molecule has 0 saturated heterocycles. The van der Waals surface area contributed by atoms with Crippen LogP contribution in [0.3, 0.4) is 0 Å². The number of aromatic nitrogens is 1. The van der Waals surface area contributed by atoms with Crippen LogP contribution in [0.15, 0.2) is 47.3 Å². The first-order chi connectivity index (χ1) is 12.6. The van der Waals surface area contributed by atoms with Gasteiger partial charge in [0, 0.05) is 16.6 Å². The van der Waals surface area contributed by atoms with Gasteiger partial charge in [-0.25, -0.2) is 4.98 Å². The second kappa shape index (κ2) is 8.40. The number of ether oxygens (including phenoxy) is 2. The number of nitrogens with zero attached hydrogens (tertiary/aromatic N) is 1. The number of anilines is 1. The maximum absolute atomic E-state index is 12.4. The highest BCUT2D eigenvalue weighted by Crippen LogP contribution is 2.30. The van der Waals surface area contributed by atoms with Crippen molar-refractivity contribution < 1.29 is 14.3 Å². The van der Waals surface area contributed by atoms with Gasteiger partial charge in [0.1, 0.15) is 6.61 Å². The van der Waals surface area contributed by atoms with Gasteiger partial charge in [-0.05, 0) is 36.4 Å². The molecule has 0 aliphatic heterocycles. The van der Waals surface area contributed by atoms with Crippen molar-refractivity contribution in [3.8, 4) is 11.5 Å². The van der Waals surface area contributed by atoms with Crippen molar-refractivity contribution in [1.82, 2.24) is 4.98 Å². The highest BCUT2D eigenvalue weighted by atomic mass is 35.5. The van der Waals surface area contributed by atoms with E-state index >= 15 is 0 Å². The van der Waals surface area contributed by atoms with Crippen LogP contribution < -0.4 is 14.8 Å². The summed E-state index contributed by atoms with van der Waals surface area (Å²) in [4.78, 5) is 16.6. The Morgan fingerprint density at radius 3 is 2.69 bits per heavy atom. The Labute approximate surface area is 164 Å². The molecule has 3 aromatic rings. The van der Waals surface area contributed by atoms with Crippen molar-refractivity contribution in [3.05, 3.63) is 68.6 Å². The van der Waals surface area contributed by atoms with Crippen molar-refractivity contribution in [3.63, 3.8) is 0 Å². The normalized spacial score (nSPS) is 10.4. The summed E-state index contributed by atoms with van der Waals surface area (Å²) in [5.41, 5.74) is 3.55. The fourth-order valence-electron chi connectivity index (χ4n) is 2.17. The minimum atomic E-state index is -0.298. The predicted molar refractivity (Wildman–Crippen MR) is 104 cm³/mol. The molecule has 0 fully saturated rings. The van der Waals surface area contributed by atoms with Gasteiger partial charge in [-0.15, -0.1) is 11.3 Å². The Kier molecular flexibility index (Phi) is 5.98. The molecule has 1 aromatic heterocycles. The molecule has 2 aromatic carbocycles. The first-order valence-electron chi connectivity index (χ1n) is 7.51. The lowest BCUT2D eigenvalue weighted by Crippen LogP contribution is -2.12. The molecule has 5 nitrogen and oxygen atoms in total. The van der Waals surface area contributed by atoms with Gasteiger partial charge in [0.05, 0.1) is 28.4 Å². The lowest BCUT2D eigenvalue weighted by Gasteiger charge is -2.12. The zero-order valence-electron chi connectivity index (χ0n) is 13.7. The van der Waals surface area contributed by atoms with Crippen molar-refractivity contribution >= 4 is 46.1 Å². The summed E-state index contributed by atoms with van der Waals surface area (Å²) < 4.78 is 11.0. The van der Waals surface area contributed by atoms with Gasteiger partial charge in [-0.3, -0.25) is 4.79 Å². The molecular formula is C18H14Cl2N2O3S. The number of thiazole rings is 1. The Hall–Kier alpha value is -2.28. The van der Waals surface area contributed by atoms with Crippen LogP contribution in [-0.4, -0.2) is 18.0 Å². The molecule has 0 aliphatic carbocycles. The third kappa shape index (κ3) is 4.46. The number of hydrogen-bond donors (Lipinski definition) is 1. The second-order valence-electron chi connectivity index (χ2n) is 5.22. The SMILES string of the molecule is COc1cc(C(=O)Nc2ccc(Cl)c(Cl)c2)ccc1OCc1cscn1. The maximum atomic E-state index is 12.4. The van der Waals surface area contributed by atoms with Gasteiger partial charge in [-0.1, -0.05) is 23.2 Å².